The van der Waals surface area contributed by atoms with Crippen molar-refractivity contribution in [1.29, 1.82) is 0 Å². The molecule has 0 spiro atoms. The van der Waals surface area contributed by atoms with Gasteiger partial charge in [-0.05, 0) is 18.1 Å². The van der Waals surface area contributed by atoms with Gasteiger partial charge in [-0.25, -0.2) is 4.85 Å². The van der Waals surface area contributed by atoms with Crippen molar-refractivity contribution >= 4 is 11.6 Å². The summed E-state index contributed by atoms with van der Waals surface area (Å²) in [6.45, 7) is 9.72. The molecule has 0 saturated carbocycles. The Labute approximate surface area is 173 Å². The van der Waals surface area contributed by atoms with Crippen molar-refractivity contribution in [2.75, 3.05) is 13.6 Å². The van der Waals surface area contributed by atoms with Crippen LogP contribution >= 0.6 is 0 Å². The molecule has 1 aliphatic rings. The highest BCUT2D eigenvalue weighted by atomic mass is 16.3. The Balaban J connectivity index is 1.97. The topological polar surface area (TPSA) is 79.8 Å². The van der Waals surface area contributed by atoms with Crippen LogP contribution in [-0.2, 0) is 0 Å². The van der Waals surface area contributed by atoms with Gasteiger partial charge in [-0.15, -0.1) is 0 Å². The summed E-state index contributed by atoms with van der Waals surface area (Å²) in [5.41, 5.74) is 2.69. The van der Waals surface area contributed by atoms with Gasteiger partial charge in [0.1, 0.15) is 0 Å². The Bertz CT molecular complexity index is 1240. The van der Waals surface area contributed by atoms with Gasteiger partial charge >= 0.3 is 0 Å². The number of amides is 1. The van der Waals surface area contributed by atoms with E-state index in [0.717, 1.165) is 22.9 Å². The quantitative estimate of drug-likeness (QED) is 0.685. The number of likely N-dealkylation sites (N-methyl/N-ethyl adjacent to an activating group) is 1. The summed E-state index contributed by atoms with van der Waals surface area (Å²) in [6.07, 6.45) is 1.04. The van der Waals surface area contributed by atoms with Crippen molar-refractivity contribution in [3.8, 4) is 5.75 Å². The highest BCUT2D eigenvalue weighted by molar-refractivity contribution is 5.95. The van der Waals surface area contributed by atoms with E-state index < -0.39 is 17.1 Å². The largest absolute Gasteiger partial charge is 0.502 e. The average molecular weight is 400 g/mol. The van der Waals surface area contributed by atoms with Gasteiger partial charge in [0.25, 0.3) is 5.91 Å². The molecule has 1 aliphatic heterocycles. The van der Waals surface area contributed by atoms with E-state index >= 15 is 0 Å². The third-order valence-electron chi connectivity index (χ3n) is 5.45. The van der Waals surface area contributed by atoms with Crippen molar-refractivity contribution in [2.45, 2.75) is 18.9 Å². The van der Waals surface area contributed by atoms with Crippen LogP contribution < -0.4 is 5.43 Å². The van der Waals surface area contributed by atoms with Crippen LogP contribution in [0.1, 0.15) is 39.1 Å². The zero-order chi connectivity index (χ0) is 21.4. The zero-order valence-electron chi connectivity index (χ0n) is 16.6. The second-order valence-corrected chi connectivity index (χ2v) is 7.50. The van der Waals surface area contributed by atoms with Crippen LogP contribution in [0.2, 0.25) is 0 Å². The van der Waals surface area contributed by atoms with Crippen LogP contribution in [0.5, 0.6) is 5.75 Å². The molecule has 0 bridgehead atoms. The third-order valence-corrected chi connectivity index (χ3v) is 5.45. The number of carbonyl (C=O) groups is 1. The molecule has 1 N–H and O–H groups in total. The molecule has 2 aromatic carbocycles. The molecule has 30 heavy (non-hydrogen) atoms. The van der Waals surface area contributed by atoms with E-state index in [1.54, 1.807) is 13.1 Å². The predicted molar refractivity (Wildman–Crippen MR) is 112 cm³/mol. The summed E-state index contributed by atoms with van der Waals surface area (Å²) < 4.78 is 1.45. The van der Waals surface area contributed by atoms with E-state index in [0.29, 0.717) is 12.2 Å². The molecule has 7 nitrogen and oxygen atoms in total. The third kappa shape index (κ3) is 3.22. The molecule has 3 aromatic rings. The van der Waals surface area contributed by atoms with E-state index in [1.165, 1.54) is 9.58 Å². The highest BCUT2D eigenvalue weighted by Gasteiger charge is 2.38. The van der Waals surface area contributed by atoms with Gasteiger partial charge in [-0.3, -0.25) is 14.3 Å². The zero-order valence-corrected chi connectivity index (χ0v) is 16.6. The lowest BCUT2D eigenvalue weighted by molar-refractivity contribution is 0.0686. The maximum atomic E-state index is 12.7. The minimum absolute atomic E-state index is 0.111. The molecule has 0 fully saturated rings. The van der Waals surface area contributed by atoms with Gasteiger partial charge < -0.3 is 10.0 Å². The fraction of sp³-hybridized carbons (Fsp3) is 0.217. The van der Waals surface area contributed by atoms with Gasteiger partial charge in [0.15, 0.2) is 17.1 Å². The fourth-order valence-electron chi connectivity index (χ4n) is 4.07. The van der Waals surface area contributed by atoms with Crippen LogP contribution in [0.25, 0.3) is 4.85 Å². The van der Waals surface area contributed by atoms with E-state index in [-0.39, 0.29) is 17.7 Å². The van der Waals surface area contributed by atoms with E-state index in [2.05, 4.69) is 16.0 Å². The monoisotopic (exact) mass is 400 g/mol. The van der Waals surface area contributed by atoms with Gasteiger partial charge in [-0.2, -0.15) is 5.10 Å². The number of hydrogen-bond acceptors (Lipinski definition) is 4. The number of aryl methyl sites for hydroxylation is 1. The molecule has 0 aliphatic carbocycles. The molecular weight excluding hydrogens is 380 g/mol. The van der Waals surface area contributed by atoms with Crippen LogP contribution in [0, 0.1) is 13.5 Å². The van der Waals surface area contributed by atoms with Crippen molar-refractivity contribution < 1.29 is 9.90 Å². The SMILES string of the molecule is [C-]#[N+]c1cccc(C(c2cccc(C)c2)C2CN(C)C(=O)c3c(O)c(=O)cnn32)c1. The number of rotatable bonds is 3. The Kier molecular flexibility index (Phi) is 4.84. The number of aromatic hydroxyl groups is 1. The van der Waals surface area contributed by atoms with Crippen LogP contribution in [0.4, 0.5) is 5.69 Å². The minimum atomic E-state index is -0.689. The average Bonchev–Trinajstić information content (AvgIpc) is 2.74. The molecule has 1 amide bonds. The van der Waals surface area contributed by atoms with Gasteiger partial charge in [0.05, 0.1) is 18.8 Å². The van der Waals surface area contributed by atoms with E-state index in [1.807, 2.05) is 43.3 Å². The van der Waals surface area contributed by atoms with Crippen molar-refractivity contribution in [3.63, 3.8) is 0 Å². The van der Waals surface area contributed by atoms with Crippen LogP contribution in [0.3, 0.4) is 0 Å². The predicted octanol–water partition coefficient (Wildman–Crippen LogP) is 3.27. The normalized spacial score (nSPS) is 16.6. The van der Waals surface area contributed by atoms with Crippen LogP contribution in [-0.4, -0.2) is 39.3 Å². The lowest BCUT2D eigenvalue weighted by atomic mass is 9.83. The molecule has 4 rings (SSSR count). The molecule has 2 atom stereocenters. The van der Waals surface area contributed by atoms with Crippen molar-refractivity contribution in [3.05, 3.63) is 98.8 Å². The number of nitrogens with zero attached hydrogens (tertiary/aromatic N) is 4. The first-order chi connectivity index (χ1) is 14.4. The molecule has 150 valence electrons. The summed E-state index contributed by atoms with van der Waals surface area (Å²) in [5.74, 6) is -1.30. The molecule has 7 heteroatoms. The summed E-state index contributed by atoms with van der Waals surface area (Å²) in [4.78, 5) is 29.7. The molecule has 2 unspecified atom stereocenters. The first-order valence-electron chi connectivity index (χ1n) is 9.51. The molecule has 2 heterocycles. The standard InChI is InChI=1S/C23H20N4O3/c1-14-6-4-7-15(10-14)20(16-8-5-9-17(11-16)24-2)18-13-26(3)23(30)21-22(29)19(28)12-25-27(18)21/h4-12,18,20,29H,13H2,1,3H3. The second kappa shape index (κ2) is 7.48. The Morgan fingerprint density at radius 2 is 1.87 bits per heavy atom. The van der Waals surface area contributed by atoms with Gasteiger partial charge in [0, 0.05) is 19.5 Å². The Morgan fingerprint density at radius 1 is 1.17 bits per heavy atom. The van der Waals surface area contributed by atoms with E-state index in [4.69, 9.17) is 6.57 Å². The highest BCUT2D eigenvalue weighted by Crippen LogP contribution is 2.40. The number of fused-ring (bicyclic) bond motifs is 1. The first kappa shape index (κ1) is 19.4. The van der Waals surface area contributed by atoms with E-state index in [9.17, 15) is 14.7 Å². The lowest BCUT2D eigenvalue weighted by Gasteiger charge is -2.38. The molecular formula is C23H20N4O3. The molecule has 0 radical (unpaired) electrons. The molecule has 0 saturated heterocycles. The second-order valence-electron chi connectivity index (χ2n) is 7.50. The lowest BCUT2D eigenvalue weighted by Crippen LogP contribution is -2.45. The fourth-order valence-corrected chi connectivity index (χ4v) is 4.07. The maximum absolute atomic E-state index is 12.7. The van der Waals surface area contributed by atoms with Crippen molar-refractivity contribution in [1.82, 2.24) is 14.7 Å². The molecule has 1 aromatic heterocycles. The number of aromatic nitrogens is 2. The summed E-state index contributed by atoms with van der Waals surface area (Å²) in [6, 6.07) is 15.0. The Morgan fingerprint density at radius 3 is 2.57 bits per heavy atom. The maximum Gasteiger partial charge on any atom is 0.275 e. The number of carbonyl (C=O) groups excluding carboxylic acids is 1. The number of benzene rings is 2. The summed E-state index contributed by atoms with van der Waals surface area (Å²) in [5, 5.41) is 14.6. The minimum Gasteiger partial charge on any atom is -0.502 e. The first-order valence-corrected chi connectivity index (χ1v) is 9.51. The summed E-state index contributed by atoms with van der Waals surface area (Å²) in [7, 11) is 1.64. The smallest absolute Gasteiger partial charge is 0.275 e. The van der Waals surface area contributed by atoms with Crippen molar-refractivity contribution in [2.24, 2.45) is 0 Å². The Hall–Kier alpha value is -3.92. The van der Waals surface area contributed by atoms with Crippen LogP contribution in [0.15, 0.2) is 59.5 Å². The number of hydrogen-bond donors (Lipinski definition) is 1. The summed E-state index contributed by atoms with van der Waals surface area (Å²) >= 11 is 0. The van der Waals surface area contributed by atoms with Gasteiger partial charge in [0.2, 0.25) is 5.43 Å². The van der Waals surface area contributed by atoms with Gasteiger partial charge in [-0.1, -0.05) is 54.1 Å².